The van der Waals surface area contributed by atoms with Gasteiger partial charge in [0.05, 0.1) is 11.4 Å². The molecule has 12 rings (SSSR count). The first-order valence-corrected chi connectivity index (χ1v) is 20.7. The van der Waals surface area contributed by atoms with Crippen LogP contribution in [0.1, 0.15) is 11.1 Å². The van der Waals surface area contributed by atoms with Gasteiger partial charge in [-0.05, 0) is 80.9 Å². The van der Waals surface area contributed by atoms with Gasteiger partial charge in [-0.3, -0.25) is 0 Å². The molecule has 12 aromatic rings. The molecule has 0 saturated carbocycles. The van der Waals surface area contributed by atoms with Crippen LogP contribution in [0.4, 0.5) is 0 Å². The Morgan fingerprint density at radius 1 is 0.361 bits per heavy atom. The van der Waals surface area contributed by atoms with E-state index in [0.717, 1.165) is 99.8 Å². The molecule has 3 aromatic heterocycles. The third kappa shape index (κ3) is 5.91. The van der Waals surface area contributed by atoms with Crippen molar-refractivity contribution < 1.29 is 8.83 Å². The molecule has 0 atom stereocenters. The standard InChI is InChI=1S/C57H36N2O2/c1-3-16-37(17-4-1)41-32-33-46(49(54(41)38-19-5-2-6-20-38)34-39-22-13-21-36-18-7-8-23-40(36)39)57-58-50(47-28-14-26-44-42-24-9-11-30-52(42)60-55(44)47)35-51(59-57)48-29-15-27-45-43-25-10-12-31-53(43)61-56(45)48/h1-33,35H,34H2. The van der Waals surface area contributed by atoms with Gasteiger partial charge in [-0.2, -0.15) is 0 Å². The molecule has 0 amide bonds. The van der Waals surface area contributed by atoms with Gasteiger partial charge in [-0.15, -0.1) is 0 Å². The Labute approximate surface area is 352 Å². The summed E-state index contributed by atoms with van der Waals surface area (Å²) in [5.41, 5.74) is 14.5. The lowest BCUT2D eigenvalue weighted by Crippen LogP contribution is -2.03. The van der Waals surface area contributed by atoms with E-state index in [2.05, 4.69) is 182 Å². The summed E-state index contributed by atoms with van der Waals surface area (Å²) in [5, 5.41) is 6.67. The van der Waals surface area contributed by atoms with Crippen molar-refractivity contribution >= 4 is 54.6 Å². The Balaban J connectivity index is 1.18. The van der Waals surface area contributed by atoms with Gasteiger partial charge >= 0.3 is 0 Å². The van der Waals surface area contributed by atoms with Crippen molar-refractivity contribution in [3.8, 4) is 56.2 Å². The van der Waals surface area contributed by atoms with E-state index in [0.29, 0.717) is 12.2 Å². The van der Waals surface area contributed by atoms with Crippen LogP contribution in [0.5, 0.6) is 0 Å². The predicted molar refractivity (Wildman–Crippen MR) is 251 cm³/mol. The largest absolute Gasteiger partial charge is 0.455 e. The van der Waals surface area contributed by atoms with E-state index in [4.69, 9.17) is 18.8 Å². The van der Waals surface area contributed by atoms with Gasteiger partial charge in [0.15, 0.2) is 5.82 Å². The molecule has 0 radical (unpaired) electrons. The molecule has 4 heteroatoms. The molecule has 61 heavy (non-hydrogen) atoms. The molecule has 0 N–H and O–H groups in total. The van der Waals surface area contributed by atoms with Gasteiger partial charge in [0, 0.05) is 38.2 Å². The average molecular weight is 781 g/mol. The number of aromatic nitrogens is 2. The maximum atomic E-state index is 6.65. The van der Waals surface area contributed by atoms with Gasteiger partial charge in [0.25, 0.3) is 0 Å². The number of fused-ring (bicyclic) bond motifs is 7. The smallest absolute Gasteiger partial charge is 0.160 e. The highest BCUT2D eigenvalue weighted by Crippen LogP contribution is 2.44. The summed E-state index contributed by atoms with van der Waals surface area (Å²) in [6, 6.07) is 72.3. The SMILES string of the molecule is c1ccc(-c2ccc(-c3nc(-c4cccc5c4oc4ccccc45)cc(-c4cccc5c4oc4ccccc45)n3)c(Cc3cccc4ccccc34)c2-c2ccccc2)cc1. The summed E-state index contributed by atoms with van der Waals surface area (Å²) < 4.78 is 13.3. The minimum atomic E-state index is 0.626. The van der Waals surface area contributed by atoms with Gasteiger partial charge < -0.3 is 8.83 Å². The number of hydrogen-bond acceptors (Lipinski definition) is 4. The molecule has 0 aliphatic rings. The van der Waals surface area contributed by atoms with Crippen molar-refractivity contribution in [3.05, 3.63) is 217 Å². The first-order chi connectivity index (χ1) is 30.2. The lowest BCUT2D eigenvalue weighted by molar-refractivity contribution is 0.669. The Morgan fingerprint density at radius 3 is 1.49 bits per heavy atom. The highest BCUT2D eigenvalue weighted by atomic mass is 16.3. The van der Waals surface area contributed by atoms with Crippen LogP contribution in [-0.4, -0.2) is 9.97 Å². The van der Waals surface area contributed by atoms with Crippen LogP contribution in [-0.2, 0) is 6.42 Å². The molecule has 0 fully saturated rings. The summed E-state index contributed by atoms with van der Waals surface area (Å²) in [5.74, 6) is 0.626. The van der Waals surface area contributed by atoms with Crippen molar-refractivity contribution in [2.24, 2.45) is 0 Å². The summed E-state index contributed by atoms with van der Waals surface area (Å²) >= 11 is 0. The van der Waals surface area contributed by atoms with E-state index in [1.165, 1.54) is 16.3 Å². The van der Waals surface area contributed by atoms with E-state index < -0.39 is 0 Å². The van der Waals surface area contributed by atoms with Crippen molar-refractivity contribution in [1.82, 2.24) is 9.97 Å². The number of furan rings is 2. The molecule has 0 aliphatic heterocycles. The molecule has 0 bridgehead atoms. The monoisotopic (exact) mass is 780 g/mol. The van der Waals surface area contributed by atoms with Gasteiger partial charge in [0.1, 0.15) is 22.3 Å². The second kappa shape index (κ2) is 14.3. The van der Waals surface area contributed by atoms with Crippen molar-refractivity contribution in [2.75, 3.05) is 0 Å². The van der Waals surface area contributed by atoms with E-state index in [1.54, 1.807) is 0 Å². The van der Waals surface area contributed by atoms with Gasteiger partial charge in [-0.1, -0.05) is 176 Å². The zero-order valence-corrected chi connectivity index (χ0v) is 33.0. The quantitative estimate of drug-likeness (QED) is 0.162. The summed E-state index contributed by atoms with van der Waals surface area (Å²) in [6.45, 7) is 0. The molecule has 286 valence electrons. The lowest BCUT2D eigenvalue weighted by Gasteiger charge is -2.21. The Hall–Kier alpha value is -8.08. The molecule has 3 heterocycles. The Morgan fingerprint density at radius 2 is 0.852 bits per heavy atom. The van der Waals surface area contributed by atoms with Crippen molar-refractivity contribution in [2.45, 2.75) is 6.42 Å². The summed E-state index contributed by atoms with van der Waals surface area (Å²) in [6.07, 6.45) is 0.656. The highest BCUT2D eigenvalue weighted by Gasteiger charge is 2.24. The fourth-order valence-corrected chi connectivity index (χ4v) is 9.21. The zero-order valence-electron chi connectivity index (χ0n) is 33.0. The average Bonchev–Trinajstić information content (AvgIpc) is 3.91. The predicted octanol–water partition coefficient (Wildman–Crippen LogP) is 15.4. The van der Waals surface area contributed by atoms with Crippen LogP contribution in [0.15, 0.2) is 215 Å². The number of nitrogens with zero attached hydrogens (tertiary/aromatic N) is 2. The molecule has 0 saturated heterocycles. The second-order valence-corrected chi connectivity index (χ2v) is 15.6. The highest BCUT2D eigenvalue weighted by molar-refractivity contribution is 6.11. The number of rotatable bonds is 7. The maximum Gasteiger partial charge on any atom is 0.160 e. The zero-order chi connectivity index (χ0) is 40.3. The van der Waals surface area contributed by atoms with Gasteiger partial charge in [0.2, 0.25) is 0 Å². The lowest BCUT2D eigenvalue weighted by atomic mass is 9.84. The number of hydrogen-bond donors (Lipinski definition) is 0. The molecule has 0 aliphatic carbocycles. The molecule has 0 spiro atoms. The van der Waals surface area contributed by atoms with E-state index >= 15 is 0 Å². The first kappa shape index (κ1) is 34.9. The van der Waals surface area contributed by atoms with E-state index in [1.807, 2.05) is 24.3 Å². The molecule has 4 nitrogen and oxygen atoms in total. The Bertz CT molecular complexity index is 3480. The van der Waals surface area contributed by atoms with E-state index in [9.17, 15) is 0 Å². The molecule has 9 aromatic carbocycles. The summed E-state index contributed by atoms with van der Waals surface area (Å²) in [7, 11) is 0. The van der Waals surface area contributed by atoms with Crippen LogP contribution in [0.2, 0.25) is 0 Å². The van der Waals surface area contributed by atoms with Crippen LogP contribution >= 0.6 is 0 Å². The van der Waals surface area contributed by atoms with Crippen molar-refractivity contribution in [1.29, 1.82) is 0 Å². The molecular formula is C57H36N2O2. The number of benzene rings is 9. The maximum absolute atomic E-state index is 6.65. The molecule has 0 unspecified atom stereocenters. The van der Waals surface area contributed by atoms with Gasteiger partial charge in [-0.25, -0.2) is 9.97 Å². The molecular weight excluding hydrogens is 745 g/mol. The fraction of sp³-hybridized carbons (Fsp3) is 0.0175. The van der Waals surface area contributed by atoms with Crippen LogP contribution < -0.4 is 0 Å². The number of para-hydroxylation sites is 4. The first-order valence-electron chi connectivity index (χ1n) is 20.7. The summed E-state index contributed by atoms with van der Waals surface area (Å²) in [4.78, 5) is 11.1. The fourth-order valence-electron chi connectivity index (χ4n) is 9.21. The minimum absolute atomic E-state index is 0.626. The minimum Gasteiger partial charge on any atom is -0.455 e. The normalized spacial score (nSPS) is 11.7. The van der Waals surface area contributed by atoms with E-state index in [-0.39, 0.29) is 0 Å². The van der Waals surface area contributed by atoms with Crippen LogP contribution in [0, 0.1) is 0 Å². The Kier molecular flexibility index (Phi) is 8.20. The topological polar surface area (TPSA) is 52.1 Å². The van der Waals surface area contributed by atoms with Crippen molar-refractivity contribution in [3.63, 3.8) is 0 Å². The second-order valence-electron chi connectivity index (χ2n) is 15.6. The third-order valence-corrected chi connectivity index (χ3v) is 12.0. The van der Waals surface area contributed by atoms with Crippen LogP contribution in [0.25, 0.3) is 111 Å². The van der Waals surface area contributed by atoms with Crippen LogP contribution in [0.3, 0.4) is 0 Å². The third-order valence-electron chi connectivity index (χ3n) is 12.0.